The Hall–Kier alpha value is -1.83. The maximum Gasteiger partial charge on any atom is 0.407 e. The zero-order valence-electron chi connectivity index (χ0n) is 15.6. The molecule has 1 saturated carbocycles. The zero-order chi connectivity index (χ0) is 18.0. The summed E-state index contributed by atoms with van der Waals surface area (Å²) in [5.74, 6) is 1.45. The fraction of sp³-hybridized carbons (Fsp3) is 0.842. The van der Waals surface area contributed by atoms with Crippen molar-refractivity contribution in [2.45, 2.75) is 81.0 Å². The summed E-state index contributed by atoms with van der Waals surface area (Å²) in [6.07, 6.45) is 8.82. The van der Waals surface area contributed by atoms with Gasteiger partial charge < -0.3 is 19.5 Å². The van der Waals surface area contributed by atoms with Crippen molar-refractivity contribution in [2.75, 3.05) is 24.5 Å². The lowest BCUT2D eigenvalue weighted by Gasteiger charge is -2.46. The summed E-state index contributed by atoms with van der Waals surface area (Å²) in [5, 5.41) is 7.05. The molecule has 1 amide bonds. The fourth-order valence-corrected chi connectivity index (χ4v) is 5.67. The number of rotatable bonds is 3. The summed E-state index contributed by atoms with van der Waals surface area (Å²) in [6.45, 7) is 2.71. The van der Waals surface area contributed by atoms with Gasteiger partial charge in [0.05, 0.1) is 6.54 Å². The van der Waals surface area contributed by atoms with E-state index in [1.54, 1.807) is 0 Å². The number of nitrogens with zero attached hydrogens (tertiary/aromatic N) is 4. The molecule has 4 saturated heterocycles. The number of likely N-dealkylation sites (tertiary alicyclic amines) is 1. The molecule has 0 radical (unpaired) electrons. The minimum absolute atomic E-state index is 0.250. The van der Waals surface area contributed by atoms with Crippen LogP contribution in [0.2, 0.25) is 0 Å². The van der Waals surface area contributed by atoms with Gasteiger partial charge in [-0.2, -0.15) is 4.98 Å². The molecule has 6 rings (SSSR count). The van der Waals surface area contributed by atoms with Crippen molar-refractivity contribution in [1.29, 1.82) is 0 Å². The van der Waals surface area contributed by atoms with Gasteiger partial charge in [0.15, 0.2) is 5.82 Å². The number of piperidine rings is 2. The van der Waals surface area contributed by atoms with Gasteiger partial charge >= 0.3 is 12.1 Å². The molecule has 1 aromatic rings. The Kier molecular flexibility index (Phi) is 3.49. The highest BCUT2D eigenvalue weighted by Gasteiger charge is 2.48. The molecule has 2 bridgehead atoms. The average molecular weight is 373 g/mol. The van der Waals surface area contributed by atoms with Crippen molar-refractivity contribution in [3.05, 3.63) is 5.82 Å². The Labute approximate surface area is 158 Å². The van der Waals surface area contributed by atoms with E-state index < -0.39 is 0 Å². The van der Waals surface area contributed by atoms with E-state index in [2.05, 4.69) is 20.3 Å². The van der Waals surface area contributed by atoms with Gasteiger partial charge in [-0.15, -0.1) is 0 Å². The summed E-state index contributed by atoms with van der Waals surface area (Å²) in [7, 11) is 0. The van der Waals surface area contributed by atoms with Gasteiger partial charge in [0, 0.05) is 50.0 Å². The smallest absolute Gasteiger partial charge is 0.407 e. The number of ether oxygens (including phenoxy) is 1. The molecule has 1 aromatic heterocycles. The number of alkyl carbamates (subject to hydrolysis) is 1. The van der Waals surface area contributed by atoms with Crippen LogP contribution in [-0.4, -0.2) is 64.5 Å². The Balaban J connectivity index is 1.11. The van der Waals surface area contributed by atoms with Crippen LogP contribution in [0.3, 0.4) is 0 Å². The molecule has 8 nitrogen and oxygen atoms in total. The number of hydrogen-bond acceptors (Lipinski definition) is 7. The summed E-state index contributed by atoms with van der Waals surface area (Å²) in [5.41, 5.74) is -0.254. The molecule has 146 valence electrons. The lowest BCUT2D eigenvalue weighted by atomic mass is 9.88. The van der Waals surface area contributed by atoms with Crippen molar-refractivity contribution >= 4 is 12.1 Å². The Bertz CT molecular complexity index is 725. The normalized spacial score (nSPS) is 35.5. The molecule has 4 aliphatic heterocycles. The third-order valence-electron chi connectivity index (χ3n) is 7.39. The van der Waals surface area contributed by atoms with Gasteiger partial charge in [-0.25, -0.2) is 4.79 Å². The first-order valence-electron chi connectivity index (χ1n) is 10.5. The number of amides is 1. The summed E-state index contributed by atoms with van der Waals surface area (Å²) >= 11 is 0. The van der Waals surface area contributed by atoms with Crippen LogP contribution in [0.5, 0.6) is 0 Å². The highest BCUT2D eigenvalue weighted by Crippen LogP contribution is 2.43. The lowest BCUT2D eigenvalue weighted by molar-refractivity contribution is -0.0145. The topological polar surface area (TPSA) is 83.7 Å². The third-order valence-corrected chi connectivity index (χ3v) is 7.39. The maximum absolute atomic E-state index is 11.4. The molecule has 5 heterocycles. The van der Waals surface area contributed by atoms with Gasteiger partial charge in [-0.3, -0.25) is 4.90 Å². The molecular formula is C19H27N5O3. The van der Waals surface area contributed by atoms with Crippen molar-refractivity contribution in [3.8, 4) is 0 Å². The number of aromatic nitrogens is 2. The largest absolute Gasteiger partial charge is 0.441 e. The van der Waals surface area contributed by atoms with Crippen molar-refractivity contribution < 1.29 is 14.1 Å². The van der Waals surface area contributed by atoms with Crippen LogP contribution in [0.4, 0.5) is 10.8 Å². The fourth-order valence-electron chi connectivity index (χ4n) is 5.67. The molecule has 5 aliphatic rings. The number of fused-ring (bicyclic) bond motifs is 2. The maximum atomic E-state index is 11.4. The standard InChI is InChI=1S/C19H27N5O3/c25-18-20-11-19(26-18)5-7-23(8-6-19)15-9-13-3-4-14(10-15)24(13)17-21-16(22-27-17)12-1-2-12/h12-15H,1-11H2,(H,20,25). The Morgan fingerprint density at radius 3 is 2.41 bits per heavy atom. The van der Waals surface area contributed by atoms with Gasteiger partial charge in [-0.1, -0.05) is 5.16 Å². The highest BCUT2D eigenvalue weighted by atomic mass is 16.6. The van der Waals surface area contributed by atoms with E-state index in [4.69, 9.17) is 14.2 Å². The predicted octanol–water partition coefficient (Wildman–Crippen LogP) is 2.02. The molecule has 8 heteroatoms. The van der Waals surface area contributed by atoms with Crippen LogP contribution >= 0.6 is 0 Å². The molecule has 0 aromatic carbocycles. The van der Waals surface area contributed by atoms with E-state index in [-0.39, 0.29) is 11.7 Å². The van der Waals surface area contributed by atoms with E-state index in [1.165, 1.54) is 38.5 Å². The molecule has 1 N–H and O–H groups in total. The first-order valence-corrected chi connectivity index (χ1v) is 10.5. The van der Waals surface area contributed by atoms with E-state index in [9.17, 15) is 4.79 Å². The highest BCUT2D eigenvalue weighted by molar-refractivity contribution is 5.70. The van der Waals surface area contributed by atoms with Crippen LogP contribution in [0.25, 0.3) is 0 Å². The van der Waals surface area contributed by atoms with E-state index >= 15 is 0 Å². The van der Waals surface area contributed by atoms with Gasteiger partial charge in [0.2, 0.25) is 0 Å². The Morgan fingerprint density at radius 2 is 1.78 bits per heavy atom. The quantitative estimate of drug-likeness (QED) is 0.868. The molecule has 5 fully saturated rings. The van der Waals surface area contributed by atoms with Gasteiger partial charge in [0.25, 0.3) is 0 Å². The van der Waals surface area contributed by atoms with Crippen LogP contribution in [0, 0.1) is 0 Å². The van der Waals surface area contributed by atoms with Crippen LogP contribution in [0.1, 0.15) is 63.1 Å². The number of anilines is 1. The third kappa shape index (κ3) is 2.71. The summed E-state index contributed by atoms with van der Waals surface area (Å²) in [6, 6.07) is 2.41. The van der Waals surface area contributed by atoms with E-state index in [0.29, 0.717) is 30.6 Å². The van der Waals surface area contributed by atoms with E-state index in [1.807, 2.05) is 0 Å². The molecule has 2 unspecified atom stereocenters. The second-order valence-electron chi connectivity index (χ2n) is 9.09. The number of carbonyl (C=O) groups is 1. The molecular weight excluding hydrogens is 346 g/mol. The lowest BCUT2D eigenvalue weighted by Crippen LogP contribution is -2.55. The molecule has 27 heavy (non-hydrogen) atoms. The zero-order valence-corrected chi connectivity index (χ0v) is 15.6. The van der Waals surface area contributed by atoms with Crippen molar-refractivity contribution in [1.82, 2.24) is 20.4 Å². The monoisotopic (exact) mass is 373 g/mol. The minimum Gasteiger partial charge on any atom is -0.441 e. The Morgan fingerprint density at radius 1 is 1.04 bits per heavy atom. The van der Waals surface area contributed by atoms with Gasteiger partial charge in [0.1, 0.15) is 5.60 Å². The summed E-state index contributed by atoms with van der Waals surface area (Å²) in [4.78, 5) is 21.2. The molecule has 2 atom stereocenters. The van der Waals surface area contributed by atoms with Crippen molar-refractivity contribution in [3.63, 3.8) is 0 Å². The average Bonchev–Trinajstić information content (AvgIpc) is 3.22. The molecule has 1 spiro atoms. The first kappa shape index (κ1) is 16.2. The van der Waals surface area contributed by atoms with E-state index in [0.717, 1.165) is 37.8 Å². The van der Waals surface area contributed by atoms with Gasteiger partial charge in [-0.05, 0) is 38.5 Å². The van der Waals surface area contributed by atoms with Crippen LogP contribution < -0.4 is 10.2 Å². The number of carbonyl (C=O) groups excluding carboxylic acids is 1. The van der Waals surface area contributed by atoms with Crippen LogP contribution in [0.15, 0.2) is 4.52 Å². The number of hydrogen-bond donors (Lipinski definition) is 1. The second-order valence-corrected chi connectivity index (χ2v) is 9.09. The second kappa shape index (κ2) is 5.83. The predicted molar refractivity (Wildman–Crippen MR) is 96.6 cm³/mol. The SMILES string of the molecule is O=C1NCC2(CCN(C3CC4CCC(C3)N4c3nc(C4CC4)no3)CC2)O1. The van der Waals surface area contributed by atoms with Crippen LogP contribution in [-0.2, 0) is 4.74 Å². The minimum atomic E-state index is -0.254. The number of nitrogens with one attached hydrogen (secondary N) is 1. The molecule has 1 aliphatic carbocycles. The van der Waals surface area contributed by atoms with Crippen molar-refractivity contribution in [2.24, 2.45) is 0 Å². The first-order chi connectivity index (χ1) is 13.2. The summed E-state index contributed by atoms with van der Waals surface area (Å²) < 4.78 is 11.2.